The number of halogens is 2. The molecule has 0 atom stereocenters. The SMILES string of the molecule is CCCNC(=O)CCNc1ccccc1S(=O)(=O)C(F)F. The first-order valence-electron chi connectivity index (χ1n) is 6.51. The van der Waals surface area contributed by atoms with Crippen molar-refractivity contribution in [1.29, 1.82) is 0 Å². The largest absolute Gasteiger partial charge is 0.383 e. The third-order valence-corrected chi connectivity index (χ3v) is 4.11. The van der Waals surface area contributed by atoms with Gasteiger partial charge in [-0.15, -0.1) is 0 Å². The first-order chi connectivity index (χ1) is 9.89. The molecule has 0 saturated heterocycles. The maximum absolute atomic E-state index is 12.6. The van der Waals surface area contributed by atoms with Gasteiger partial charge in [-0.1, -0.05) is 19.1 Å². The number of alkyl halides is 2. The second kappa shape index (κ2) is 7.92. The molecule has 21 heavy (non-hydrogen) atoms. The smallest absolute Gasteiger partial charge is 0.341 e. The Morgan fingerprint density at radius 3 is 2.52 bits per heavy atom. The predicted molar refractivity (Wildman–Crippen MR) is 76.0 cm³/mol. The van der Waals surface area contributed by atoms with Crippen LogP contribution in [0.4, 0.5) is 14.5 Å². The van der Waals surface area contributed by atoms with Gasteiger partial charge in [-0.05, 0) is 18.6 Å². The van der Waals surface area contributed by atoms with Crippen molar-refractivity contribution in [1.82, 2.24) is 5.32 Å². The molecule has 0 aliphatic carbocycles. The first kappa shape index (κ1) is 17.4. The number of hydrogen-bond donors (Lipinski definition) is 2. The van der Waals surface area contributed by atoms with Crippen LogP contribution in [0.5, 0.6) is 0 Å². The minimum absolute atomic E-state index is 0.0705. The van der Waals surface area contributed by atoms with Gasteiger partial charge in [-0.2, -0.15) is 8.78 Å². The summed E-state index contributed by atoms with van der Waals surface area (Å²) in [6.45, 7) is 2.64. The van der Waals surface area contributed by atoms with Crippen LogP contribution in [0.1, 0.15) is 19.8 Å². The lowest BCUT2D eigenvalue weighted by molar-refractivity contribution is -0.120. The maximum atomic E-state index is 12.6. The van der Waals surface area contributed by atoms with Gasteiger partial charge >= 0.3 is 5.76 Å². The summed E-state index contributed by atoms with van der Waals surface area (Å²) in [4.78, 5) is 10.9. The molecule has 0 aliphatic heterocycles. The highest BCUT2D eigenvalue weighted by Gasteiger charge is 2.28. The van der Waals surface area contributed by atoms with E-state index in [9.17, 15) is 22.0 Å². The minimum Gasteiger partial charge on any atom is -0.383 e. The topological polar surface area (TPSA) is 75.3 Å². The normalized spacial score (nSPS) is 11.4. The third-order valence-electron chi connectivity index (χ3n) is 2.67. The molecule has 0 radical (unpaired) electrons. The monoisotopic (exact) mass is 320 g/mol. The van der Waals surface area contributed by atoms with Crippen LogP contribution in [0.15, 0.2) is 29.2 Å². The zero-order valence-electron chi connectivity index (χ0n) is 11.6. The summed E-state index contributed by atoms with van der Waals surface area (Å²) < 4.78 is 48.2. The Kier molecular flexibility index (Phi) is 6.54. The van der Waals surface area contributed by atoms with Crippen LogP contribution in [0.25, 0.3) is 0 Å². The number of benzene rings is 1. The lowest BCUT2D eigenvalue weighted by Crippen LogP contribution is -2.26. The van der Waals surface area contributed by atoms with Gasteiger partial charge < -0.3 is 10.6 Å². The molecule has 0 aromatic heterocycles. The Balaban J connectivity index is 2.71. The van der Waals surface area contributed by atoms with Gasteiger partial charge in [0.1, 0.15) is 0 Å². The summed E-state index contributed by atoms with van der Waals surface area (Å²) in [5.41, 5.74) is 0.0705. The zero-order chi connectivity index (χ0) is 15.9. The van der Waals surface area contributed by atoms with E-state index in [-0.39, 0.29) is 24.6 Å². The molecule has 0 fully saturated rings. The van der Waals surface area contributed by atoms with Crippen molar-refractivity contribution in [2.45, 2.75) is 30.4 Å². The standard InChI is InChI=1S/C13H18F2N2O3S/c1-2-8-17-12(18)7-9-16-10-5-3-4-6-11(10)21(19,20)13(14)15/h3-6,13,16H,2,7-9H2,1H3,(H,17,18). The number of sulfone groups is 1. The lowest BCUT2D eigenvalue weighted by atomic mass is 10.3. The predicted octanol–water partition coefficient (Wildman–Crippen LogP) is 2.01. The maximum Gasteiger partial charge on any atom is 0.341 e. The molecule has 0 heterocycles. The molecular formula is C13H18F2N2O3S. The molecule has 0 unspecified atom stereocenters. The highest BCUT2D eigenvalue weighted by atomic mass is 32.2. The van der Waals surface area contributed by atoms with Gasteiger partial charge in [0.05, 0.1) is 10.6 Å². The fraction of sp³-hybridized carbons (Fsp3) is 0.462. The molecule has 1 aromatic rings. The van der Waals surface area contributed by atoms with Crippen molar-refractivity contribution >= 4 is 21.4 Å². The van der Waals surface area contributed by atoms with Gasteiger partial charge in [0.15, 0.2) is 0 Å². The Morgan fingerprint density at radius 1 is 1.24 bits per heavy atom. The Bertz CT molecular complexity index is 577. The van der Waals surface area contributed by atoms with Crippen LogP contribution < -0.4 is 10.6 Å². The van der Waals surface area contributed by atoms with Crippen LogP contribution in [0.2, 0.25) is 0 Å². The molecule has 5 nitrogen and oxygen atoms in total. The van der Waals surface area contributed by atoms with Gasteiger partial charge in [-0.3, -0.25) is 4.79 Å². The fourth-order valence-electron chi connectivity index (χ4n) is 1.62. The zero-order valence-corrected chi connectivity index (χ0v) is 12.4. The molecule has 2 N–H and O–H groups in total. The molecule has 0 bridgehead atoms. The third kappa shape index (κ3) is 4.96. The number of carbonyl (C=O) groups excluding carboxylic acids is 1. The molecular weight excluding hydrogens is 302 g/mol. The van der Waals surface area contributed by atoms with Crippen LogP contribution in [0, 0.1) is 0 Å². The molecule has 0 saturated carbocycles. The average molecular weight is 320 g/mol. The van der Waals surface area contributed by atoms with E-state index in [4.69, 9.17) is 0 Å². The molecule has 1 rings (SSSR count). The number of hydrogen-bond acceptors (Lipinski definition) is 4. The van der Waals surface area contributed by atoms with E-state index in [0.717, 1.165) is 12.5 Å². The van der Waals surface area contributed by atoms with Crippen molar-refractivity contribution in [3.05, 3.63) is 24.3 Å². The van der Waals surface area contributed by atoms with Crippen LogP contribution in [-0.2, 0) is 14.6 Å². The van der Waals surface area contributed by atoms with E-state index < -0.39 is 20.5 Å². The van der Waals surface area contributed by atoms with Crippen molar-refractivity contribution in [3.63, 3.8) is 0 Å². The Labute approximate surface area is 122 Å². The van der Waals surface area contributed by atoms with E-state index in [1.54, 1.807) is 0 Å². The molecule has 0 spiro atoms. The summed E-state index contributed by atoms with van der Waals surface area (Å²) in [5, 5.41) is 5.37. The second-order valence-electron chi connectivity index (χ2n) is 4.33. The fourth-order valence-corrected chi connectivity index (χ4v) is 2.53. The quantitative estimate of drug-likeness (QED) is 0.768. The molecule has 0 aliphatic rings. The van der Waals surface area contributed by atoms with Crippen molar-refractivity contribution in [2.24, 2.45) is 0 Å². The number of nitrogens with one attached hydrogen (secondary N) is 2. The number of para-hydroxylation sites is 1. The first-order valence-corrected chi connectivity index (χ1v) is 8.06. The number of amides is 1. The van der Waals surface area contributed by atoms with Crippen molar-refractivity contribution in [3.8, 4) is 0 Å². The van der Waals surface area contributed by atoms with E-state index in [1.807, 2.05) is 6.92 Å². The van der Waals surface area contributed by atoms with Gasteiger partial charge in [0, 0.05) is 19.5 Å². The summed E-state index contributed by atoms with van der Waals surface area (Å²) >= 11 is 0. The summed E-state index contributed by atoms with van der Waals surface area (Å²) in [6, 6.07) is 5.40. The van der Waals surface area contributed by atoms with Crippen LogP contribution in [0.3, 0.4) is 0 Å². The molecule has 1 aromatic carbocycles. The lowest BCUT2D eigenvalue weighted by Gasteiger charge is -2.12. The number of rotatable bonds is 8. The summed E-state index contributed by atoms with van der Waals surface area (Å²) in [5.74, 6) is -3.66. The Hall–Kier alpha value is -1.70. The van der Waals surface area contributed by atoms with Gasteiger partial charge in [0.2, 0.25) is 15.7 Å². The van der Waals surface area contributed by atoms with Gasteiger partial charge in [0.25, 0.3) is 0 Å². The highest BCUT2D eigenvalue weighted by molar-refractivity contribution is 7.91. The molecule has 8 heteroatoms. The van der Waals surface area contributed by atoms with E-state index >= 15 is 0 Å². The van der Waals surface area contributed by atoms with Gasteiger partial charge in [-0.25, -0.2) is 8.42 Å². The summed E-state index contributed by atoms with van der Waals surface area (Å²) in [6.07, 6.45) is 0.942. The minimum atomic E-state index is -4.67. The van der Waals surface area contributed by atoms with E-state index in [0.29, 0.717) is 6.54 Å². The Morgan fingerprint density at radius 2 is 1.90 bits per heavy atom. The average Bonchev–Trinajstić information content (AvgIpc) is 2.45. The number of anilines is 1. The van der Waals surface area contributed by atoms with Crippen molar-refractivity contribution < 1.29 is 22.0 Å². The second-order valence-corrected chi connectivity index (χ2v) is 6.21. The van der Waals surface area contributed by atoms with Crippen molar-refractivity contribution in [2.75, 3.05) is 18.4 Å². The molecule has 1 amide bonds. The summed E-state index contributed by atoms with van der Waals surface area (Å²) in [7, 11) is -4.67. The molecule has 118 valence electrons. The van der Waals surface area contributed by atoms with Crippen LogP contribution >= 0.6 is 0 Å². The van der Waals surface area contributed by atoms with Crippen LogP contribution in [-0.4, -0.2) is 33.2 Å². The number of carbonyl (C=O) groups is 1. The van der Waals surface area contributed by atoms with E-state index in [1.165, 1.54) is 18.2 Å². The highest BCUT2D eigenvalue weighted by Crippen LogP contribution is 2.25. The van der Waals surface area contributed by atoms with E-state index in [2.05, 4.69) is 10.6 Å².